The van der Waals surface area contributed by atoms with Crippen molar-refractivity contribution in [1.29, 1.82) is 0 Å². The summed E-state index contributed by atoms with van der Waals surface area (Å²) in [7, 11) is 2.02. The normalized spacial score (nSPS) is 10.5. The van der Waals surface area contributed by atoms with Crippen molar-refractivity contribution in [3.05, 3.63) is 24.0 Å². The van der Waals surface area contributed by atoms with Crippen molar-refractivity contribution in [2.45, 2.75) is 25.8 Å². The highest BCUT2D eigenvalue weighted by atomic mass is 16.4. The number of hydrogen-bond acceptors (Lipinski definition) is 2. The van der Waals surface area contributed by atoms with Crippen LogP contribution in [0.25, 0.3) is 0 Å². The van der Waals surface area contributed by atoms with Crippen LogP contribution in [0.1, 0.15) is 25.0 Å². The molecule has 0 bridgehead atoms. The number of carboxylic acid groups (broad SMARTS) is 1. The number of rotatable bonds is 7. The van der Waals surface area contributed by atoms with Gasteiger partial charge in [0.2, 0.25) is 0 Å². The van der Waals surface area contributed by atoms with Gasteiger partial charge >= 0.3 is 5.97 Å². The van der Waals surface area contributed by atoms with Gasteiger partial charge in [-0.2, -0.15) is 0 Å². The van der Waals surface area contributed by atoms with Gasteiger partial charge in [0.1, 0.15) is 0 Å². The van der Waals surface area contributed by atoms with Gasteiger partial charge < -0.3 is 15.0 Å². The molecule has 0 amide bonds. The lowest BCUT2D eigenvalue weighted by Gasteiger charge is -2.05. The summed E-state index contributed by atoms with van der Waals surface area (Å²) in [6.45, 7) is 1.72. The van der Waals surface area contributed by atoms with E-state index in [0.717, 1.165) is 25.9 Å². The molecule has 84 valence electrons. The third-order valence-corrected chi connectivity index (χ3v) is 2.35. The number of aryl methyl sites for hydroxylation is 1. The molecule has 0 aliphatic carbocycles. The third-order valence-electron chi connectivity index (χ3n) is 2.35. The standard InChI is InChI=1S/C11H18N2O2/c1-13-8-4-5-10(13)9-12-7-3-2-6-11(14)15/h4-5,8,12H,2-3,6-7,9H2,1H3,(H,14,15). The van der Waals surface area contributed by atoms with Gasteiger partial charge in [0.15, 0.2) is 0 Å². The topological polar surface area (TPSA) is 54.3 Å². The molecule has 1 aromatic rings. The summed E-state index contributed by atoms with van der Waals surface area (Å²) in [4.78, 5) is 10.2. The number of nitrogens with one attached hydrogen (secondary N) is 1. The Morgan fingerprint density at radius 2 is 2.33 bits per heavy atom. The molecule has 0 aliphatic heterocycles. The van der Waals surface area contributed by atoms with E-state index in [-0.39, 0.29) is 6.42 Å². The van der Waals surface area contributed by atoms with Crippen molar-refractivity contribution in [3.8, 4) is 0 Å². The molecule has 0 saturated carbocycles. The largest absolute Gasteiger partial charge is 0.481 e. The number of hydrogen-bond donors (Lipinski definition) is 2. The minimum absolute atomic E-state index is 0.270. The van der Waals surface area contributed by atoms with Gasteiger partial charge in [-0.3, -0.25) is 4.79 Å². The molecule has 4 heteroatoms. The molecule has 1 rings (SSSR count). The molecule has 0 saturated heterocycles. The maximum atomic E-state index is 10.2. The van der Waals surface area contributed by atoms with E-state index in [2.05, 4.69) is 16.0 Å². The van der Waals surface area contributed by atoms with E-state index < -0.39 is 5.97 Å². The average Bonchev–Trinajstić information content (AvgIpc) is 2.57. The van der Waals surface area contributed by atoms with Gasteiger partial charge in [0.05, 0.1) is 0 Å². The summed E-state index contributed by atoms with van der Waals surface area (Å²) in [6.07, 6.45) is 3.94. The summed E-state index contributed by atoms with van der Waals surface area (Å²) in [5.41, 5.74) is 1.24. The fourth-order valence-electron chi connectivity index (χ4n) is 1.42. The van der Waals surface area contributed by atoms with E-state index in [4.69, 9.17) is 5.11 Å². The van der Waals surface area contributed by atoms with Crippen molar-refractivity contribution in [2.75, 3.05) is 6.54 Å². The van der Waals surface area contributed by atoms with Crippen LogP contribution in [0.5, 0.6) is 0 Å². The van der Waals surface area contributed by atoms with Crippen LogP contribution in [0.3, 0.4) is 0 Å². The quantitative estimate of drug-likeness (QED) is 0.668. The predicted octanol–water partition coefficient (Wildman–Crippen LogP) is 1.37. The van der Waals surface area contributed by atoms with Gasteiger partial charge in [-0.1, -0.05) is 0 Å². The molecular weight excluding hydrogens is 192 g/mol. The average molecular weight is 210 g/mol. The van der Waals surface area contributed by atoms with Crippen LogP contribution >= 0.6 is 0 Å². The Morgan fingerprint density at radius 1 is 1.53 bits per heavy atom. The molecule has 0 radical (unpaired) electrons. The smallest absolute Gasteiger partial charge is 0.303 e. The highest BCUT2D eigenvalue weighted by molar-refractivity contribution is 5.66. The van der Waals surface area contributed by atoms with Gasteiger partial charge in [0.25, 0.3) is 0 Å². The Balaban J connectivity index is 2.03. The van der Waals surface area contributed by atoms with Gasteiger partial charge in [-0.05, 0) is 31.5 Å². The third kappa shape index (κ3) is 4.65. The van der Waals surface area contributed by atoms with Crippen molar-refractivity contribution >= 4 is 5.97 Å². The second kappa shape index (κ2) is 6.24. The van der Waals surface area contributed by atoms with Crippen molar-refractivity contribution in [1.82, 2.24) is 9.88 Å². The second-order valence-electron chi connectivity index (χ2n) is 3.64. The Bertz CT molecular complexity index is 307. The van der Waals surface area contributed by atoms with Crippen LogP contribution in [-0.4, -0.2) is 22.2 Å². The second-order valence-corrected chi connectivity index (χ2v) is 3.64. The maximum Gasteiger partial charge on any atom is 0.303 e. The molecule has 4 nitrogen and oxygen atoms in total. The fourth-order valence-corrected chi connectivity index (χ4v) is 1.42. The molecule has 1 heterocycles. The van der Waals surface area contributed by atoms with Crippen LogP contribution in [0, 0.1) is 0 Å². The van der Waals surface area contributed by atoms with Crippen LogP contribution < -0.4 is 5.32 Å². The summed E-state index contributed by atoms with van der Waals surface area (Å²) in [5.74, 6) is -0.711. The number of nitrogens with zero attached hydrogens (tertiary/aromatic N) is 1. The van der Waals surface area contributed by atoms with Gasteiger partial charge in [0, 0.05) is 31.9 Å². The van der Waals surface area contributed by atoms with Gasteiger partial charge in [-0.25, -0.2) is 0 Å². The molecule has 0 aromatic carbocycles. The number of aliphatic carboxylic acids is 1. The molecule has 0 atom stereocenters. The SMILES string of the molecule is Cn1cccc1CNCCCCC(=O)O. The molecule has 0 aliphatic rings. The molecular formula is C11H18N2O2. The van der Waals surface area contributed by atoms with E-state index in [1.165, 1.54) is 5.69 Å². The van der Waals surface area contributed by atoms with Crippen LogP contribution in [0.2, 0.25) is 0 Å². The number of carboxylic acids is 1. The van der Waals surface area contributed by atoms with Crippen molar-refractivity contribution in [3.63, 3.8) is 0 Å². The summed E-state index contributed by atoms with van der Waals surface area (Å²) in [5, 5.41) is 11.7. The molecule has 15 heavy (non-hydrogen) atoms. The molecule has 1 aromatic heterocycles. The Labute approximate surface area is 89.9 Å². The zero-order valence-electron chi connectivity index (χ0n) is 9.07. The lowest BCUT2D eigenvalue weighted by Crippen LogP contribution is -2.16. The van der Waals surface area contributed by atoms with Crippen molar-refractivity contribution in [2.24, 2.45) is 7.05 Å². The minimum atomic E-state index is -0.711. The zero-order chi connectivity index (χ0) is 11.1. The zero-order valence-corrected chi connectivity index (χ0v) is 9.07. The summed E-state index contributed by atoms with van der Waals surface area (Å²) in [6, 6.07) is 4.09. The Morgan fingerprint density at radius 3 is 2.93 bits per heavy atom. The van der Waals surface area contributed by atoms with Gasteiger partial charge in [-0.15, -0.1) is 0 Å². The molecule has 0 unspecified atom stereocenters. The summed E-state index contributed by atoms with van der Waals surface area (Å²) >= 11 is 0. The first-order chi connectivity index (χ1) is 7.20. The highest BCUT2D eigenvalue weighted by Gasteiger charge is 1.97. The first-order valence-electron chi connectivity index (χ1n) is 5.23. The monoisotopic (exact) mass is 210 g/mol. The minimum Gasteiger partial charge on any atom is -0.481 e. The molecule has 0 fully saturated rings. The number of carbonyl (C=O) groups is 1. The first-order valence-corrected chi connectivity index (χ1v) is 5.23. The lowest BCUT2D eigenvalue weighted by atomic mass is 10.2. The molecule has 2 N–H and O–H groups in total. The van der Waals surface area contributed by atoms with Crippen LogP contribution in [0.15, 0.2) is 18.3 Å². The van der Waals surface area contributed by atoms with E-state index in [9.17, 15) is 4.79 Å². The van der Waals surface area contributed by atoms with E-state index in [1.54, 1.807) is 0 Å². The number of unbranched alkanes of at least 4 members (excludes halogenated alkanes) is 1. The molecule has 0 spiro atoms. The lowest BCUT2D eigenvalue weighted by molar-refractivity contribution is -0.137. The Kier molecular flexibility index (Phi) is 4.90. The van der Waals surface area contributed by atoms with E-state index in [1.807, 2.05) is 19.3 Å². The van der Waals surface area contributed by atoms with Crippen LogP contribution in [0.4, 0.5) is 0 Å². The maximum absolute atomic E-state index is 10.2. The fraction of sp³-hybridized carbons (Fsp3) is 0.545. The predicted molar refractivity (Wildman–Crippen MR) is 58.6 cm³/mol. The number of aromatic nitrogens is 1. The van der Waals surface area contributed by atoms with Crippen molar-refractivity contribution < 1.29 is 9.90 Å². The highest BCUT2D eigenvalue weighted by Crippen LogP contribution is 1.99. The van der Waals surface area contributed by atoms with E-state index >= 15 is 0 Å². The summed E-state index contributed by atoms with van der Waals surface area (Å²) < 4.78 is 2.07. The Hall–Kier alpha value is -1.29. The first kappa shape index (κ1) is 11.8. The van der Waals surface area contributed by atoms with Crippen LogP contribution in [-0.2, 0) is 18.4 Å². The van der Waals surface area contributed by atoms with E-state index in [0.29, 0.717) is 0 Å².